The van der Waals surface area contributed by atoms with Crippen LogP contribution in [0.3, 0.4) is 0 Å². The molecule has 0 radical (unpaired) electrons. The SMILES string of the molecule is CCC(N)Cc1ccc(SCc2ccco2)c(C)c1. The first kappa shape index (κ1) is 14.2. The van der Waals surface area contributed by atoms with Crippen LogP contribution in [0.2, 0.25) is 0 Å². The Hall–Kier alpha value is -1.19. The fraction of sp³-hybridized carbons (Fsp3) is 0.375. The molecule has 0 spiro atoms. The van der Waals surface area contributed by atoms with Crippen molar-refractivity contribution in [3.63, 3.8) is 0 Å². The quantitative estimate of drug-likeness (QED) is 0.805. The summed E-state index contributed by atoms with van der Waals surface area (Å²) in [4.78, 5) is 1.31. The molecule has 19 heavy (non-hydrogen) atoms. The standard InChI is InChI=1S/C16H21NOS/c1-3-14(17)10-13-6-7-16(12(2)9-13)19-11-15-5-4-8-18-15/h4-9,14H,3,10-11,17H2,1-2H3. The summed E-state index contributed by atoms with van der Waals surface area (Å²) >= 11 is 1.81. The maximum Gasteiger partial charge on any atom is 0.113 e. The summed E-state index contributed by atoms with van der Waals surface area (Å²) < 4.78 is 5.35. The summed E-state index contributed by atoms with van der Waals surface area (Å²) in [6.45, 7) is 4.29. The molecule has 2 aromatic rings. The second kappa shape index (κ2) is 6.83. The minimum absolute atomic E-state index is 0.265. The lowest BCUT2D eigenvalue weighted by Gasteiger charge is -2.11. The summed E-state index contributed by atoms with van der Waals surface area (Å²) in [6.07, 6.45) is 3.70. The Morgan fingerprint density at radius 3 is 2.79 bits per heavy atom. The van der Waals surface area contributed by atoms with Gasteiger partial charge in [0.15, 0.2) is 0 Å². The molecule has 2 N–H and O–H groups in total. The summed E-state index contributed by atoms with van der Waals surface area (Å²) in [5.74, 6) is 1.89. The minimum Gasteiger partial charge on any atom is -0.468 e. The van der Waals surface area contributed by atoms with Gasteiger partial charge in [-0.25, -0.2) is 0 Å². The summed E-state index contributed by atoms with van der Waals surface area (Å²) in [6, 6.07) is 10.8. The molecule has 0 aliphatic rings. The van der Waals surface area contributed by atoms with Crippen molar-refractivity contribution in [2.45, 2.75) is 43.4 Å². The number of hydrogen-bond donors (Lipinski definition) is 1. The lowest BCUT2D eigenvalue weighted by Crippen LogP contribution is -2.21. The number of hydrogen-bond acceptors (Lipinski definition) is 3. The molecule has 0 amide bonds. The predicted molar refractivity (Wildman–Crippen MR) is 81.4 cm³/mol. The Kier molecular flexibility index (Phi) is 5.11. The van der Waals surface area contributed by atoms with Gasteiger partial charge in [-0.05, 0) is 49.1 Å². The van der Waals surface area contributed by atoms with Gasteiger partial charge in [0.2, 0.25) is 0 Å². The van der Waals surface area contributed by atoms with Gasteiger partial charge in [0.1, 0.15) is 5.76 Å². The molecule has 2 rings (SSSR count). The highest BCUT2D eigenvalue weighted by Crippen LogP contribution is 2.27. The highest BCUT2D eigenvalue weighted by Gasteiger charge is 2.05. The Balaban J connectivity index is 1.98. The highest BCUT2D eigenvalue weighted by atomic mass is 32.2. The van der Waals surface area contributed by atoms with Crippen molar-refractivity contribution in [3.05, 3.63) is 53.5 Å². The van der Waals surface area contributed by atoms with E-state index in [2.05, 4.69) is 32.0 Å². The van der Waals surface area contributed by atoms with Gasteiger partial charge < -0.3 is 10.2 Å². The Labute approximate surface area is 119 Å². The molecule has 0 saturated carbocycles. The lowest BCUT2D eigenvalue weighted by molar-refractivity contribution is 0.530. The molecular formula is C16H21NOS. The third-order valence-electron chi connectivity index (χ3n) is 3.21. The monoisotopic (exact) mass is 275 g/mol. The molecule has 0 fully saturated rings. The highest BCUT2D eigenvalue weighted by molar-refractivity contribution is 7.98. The Morgan fingerprint density at radius 1 is 1.32 bits per heavy atom. The maximum atomic E-state index is 6.00. The maximum absolute atomic E-state index is 6.00. The molecular weight excluding hydrogens is 254 g/mol. The van der Waals surface area contributed by atoms with Gasteiger partial charge in [-0.15, -0.1) is 11.8 Å². The van der Waals surface area contributed by atoms with Gasteiger partial charge in [0, 0.05) is 10.9 Å². The number of rotatable bonds is 6. The number of nitrogens with two attached hydrogens (primary N) is 1. The van der Waals surface area contributed by atoms with E-state index >= 15 is 0 Å². The van der Waals surface area contributed by atoms with E-state index in [0.717, 1.165) is 24.4 Å². The van der Waals surface area contributed by atoms with Gasteiger partial charge in [0.25, 0.3) is 0 Å². The molecule has 0 aliphatic carbocycles. The van der Waals surface area contributed by atoms with Gasteiger partial charge in [-0.1, -0.05) is 19.1 Å². The van der Waals surface area contributed by atoms with Crippen LogP contribution in [0.1, 0.15) is 30.2 Å². The van der Waals surface area contributed by atoms with E-state index in [1.807, 2.05) is 23.9 Å². The van der Waals surface area contributed by atoms with Crippen LogP contribution in [0, 0.1) is 6.92 Å². The normalized spacial score (nSPS) is 12.6. The zero-order chi connectivity index (χ0) is 13.7. The van der Waals surface area contributed by atoms with E-state index < -0.39 is 0 Å². The van der Waals surface area contributed by atoms with Crippen molar-refractivity contribution < 1.29 is 4.42 Å². The molecule has 0 aliphatic heterocycles. The van der Waals surface area contributed by atoms with Crippen molar-refractivity contribution >= 4 is 11.8 Å². The molecule has 1 aromatic carbocycles. The van der Waals surface area contributed by atoms with E-state index in [0.29, 0.717) is 0 Å². The van der Waals surface area contributed by atoms with Crippen molar-refractivity contribution in [1.82, 2.24) is 0 Å². The van der Waals surface area contributed by atoms with Crippen molar-refractivity contribution in [3.8, 4) is 0 Å². The van der Waals surface area contributed by atoms with Gasteiger partial charge in [-0.2, -0.15) is 0 Å². The molecule has 3 heteroatoms. The van der Waals surface area contributed by atoms with Crippen LogP contribution in [-0.4, -0.2) is 6.04 Å². The molecule has 0 bridgehead atoms. The summed E-state index contributed by atoms with van der Waals surface area (Å²) in [7, 11) is 0. The van der Waals surface area contributed by atoms with E-state index in [4.69, 9.17) is 10.2 Å². The van der Waals surface area contributed by atoms with Gasteiger partial charge in [-0.3, -0.25) is 0 Å². The molecule has 102 valence electrons. The number of benzene rings is 1. The second-order valence-electron chi connectivity index (χ2n) is 4.84. The van der Waals surface area contributed by atoms with Crippen LogP contribution >= 0.6 is 11.8 Å². The average molecular weight is 275 g/mol. The minimum atomic E-state index is 0.265. The molecule has 1 atom stereocenters. The summed E-state index contributed by atoms with van der Waals surface area (Å²) in [5, 5.41) is 0. The molecule has 1 aromatic heterocycles. The Bertz CT molecular complexity index is 507. The van der Waals surface area contributed by atoms with E-state index in [1.54, 1.807) is 6.26 Å². The van der Waals surface area contributed by atoms with Crippen molar-refractivity contribution in [1.29, 1.82) is 0 Å². The fourth-order valence-corrected chi connectivity index (χ4v) is 2.90. The lowest BCUT2D eigenvalue weighted by atomic mass is 10.0. The van der Waals surface area contributed by atoms with Gasteiger partial charge in [0.05, 0.1) is 12.0 Å². The first-order valence-electron chi connectivity index (χ1n) is 6.69. The van der Waals surface area contributed by atoms with Crippen LogP contribution in [0.15, 0.2) is 45.9 Å². The zero-order valence-electron chi connectivity index (χ0n) is 11.6. The van der Waals surface area contributed by atoms with Gasteiger partial charge >= 0.3 is 0 Å². The molecule has 1 unspecified atom stereocenters. The number of furan rings is 1. The largest absolute Gasteiger partial charge is 0.468 e. The smallest absolute Gasteiger partial charge is 0.113 e. The third kappa shape index (κ3) is 4.15. The first-order valence-corrected chi connectivity index (χ1v) is 7.68. The molecule has 2 nitrogen and oxygen atoms in total. The van der Waals surface area contributed by atoms with E-state index in [-0.39, 0.29) is 6.04 Å². The van der Waals surface area contributed by atoms with E-state index in [1.165, 1.54) is 16.0 Å². The van der Waals surface area contributed by atoms with Crippen LogP contribution in [0.5, 0.6) is 0 Å². The average Bonchev–Trinajstić information content (AvgIpc) is 2.91. The van der Waals surface area contributed by atoms with E-state index in [9.17, 15) is 0 Å². The van der Waals surface area contributed by atoms with Crippen molar-refractivity contribution in [2.75, 3.05) is 0 Å². The van der Waals surface area contributed by atoms with Crippen LogP contribution in [-0.2, 0) is 12.2 Å². The first-order chi connectivity index (χ1) is 9.19. The predicted octanol–water partition coefficient (Wildman–Crippen LogP) is 4.16. The van der Waals surface area contributed by atoms with Crippen LogP contribution in [0.4, 0.5) is 0 Å². The number of thioether (sulfide) groups is 1. The van der Waals surface area contributed by atoms with Crippen LogP contribution in [0.25, 0.3) is 0 Å². The van der Waals surface area contributed by atoms with Crippen molar-refractivity contribution in [2.24, 2.45) is 5.73 Å². The zero-order valence-corrected chi connectivity index (χ0v) is 12.4. The second-order valence-corrected chi connectivity index (χ2v) is 5.86. The summed E-state index contributed by atoms with van der Waals surface area (Å²) in [5.41, 5.74) is 8.64. The topological polar surface area (TPSA) is 39.2 Å². The van der Waals surface area contributed by atoms with Crippen LogP contribution < -0.4 is 5.73 Å². The fourth-order valence-electron chi connectivity index (χ4n) is 1.99. The molecule has 0 saturated heterocycles. The Morgan fingerprint density at radius 2 is 2.16 bits per heavy atom. The third-order valence-corrected chi connectivity index (χ3v) is 4.41. The number of aryl methyl sites for hydroxylation is 1. The molecule has 1 heterocycles.